The highest BCUT2D eigenvalue weighted by Crippen LogP contribution is 2.30. The molecule has 2 heterocycles. The minimum atomic E-state index is -0.890. The van der Waals surface area contributed by atoms with Crippen LogP contribution in [0.15, 0.2) is 95.1 Å². The number of hydrogen-bond acceptors (Lipinski definition) is 6. The van der Waals surface area contributed by atoms with Gasteiger partial charge in [-0.2, -0.15) is 10.2 Å². The van der Waals surface area contributed by atoms with E-state index in [2.05, 4.69) is 31.7 Å². The quantitative estimate of drug-likeness (QED) is 0.197. The molecule has 0 spiro atoms. The highest BCUT2D eigenvalue weighted by atomic mass is 16.2. The molecule has 3 aromatic rings. The first kappa shape index (κ1) is 26.5. The largest absolute Gasteiger partial charge is 0.355 e. The van der Waals surface area contributed by atoms with Crippen LogP contribution in [0.3, 0.4) is 0 Å². The number of carbonyl (C=O) groups is 4. The van der Waals surface area contributed by atoms with E-state index in [1.54, 1.807) is 24.3 Å². The average molecular weight is 537 g/mol. The summed E-state index contributed by atoms with van der Waals surface area (Å²) in [6, 6.07) is 25.9. The van der Waals surface area contributed by atoms with Crippen molar-refractivity contribution in [3.63, 3.8) is 0 Å². The predicted octanol–water partition coefficient (Wildman–Crippen LogP) is 1.65. The second kappa shape index (κ2) is 12.2. The molecule has 202 valence electrons. The fourth-order valence-electron chi connectivity index (χ4n) is 5.08. The molecule has 0 aliphatic carbocycles. The fraction of sp³-hybridized carbons (Fsp3) is 0.200. The molecule has 3 aromatic carbocycles. The van der Waals surface area contributed by atoms with E-state index >= 15 is 0 Å². The van der Waals surface area contributed by atoms with Crippen molar-refractivity contribution in [2.75, 3.05) is 13.1 Å². The zero-order valence-corrected chi connectivity index (χ0v) is 21.5. The van der Waals surface area contributed by atoms with Gasteiger partial charge in [0, 0.05) is 36.1 Å². The van der Waals surface area contributed by atoms with Crippen LogP contribution in [-0.2, 0) is 19.2 Å². The Hall–Kier alpha value is -5.12. The van der Waals surface area contributed by atoms with E-state index < -0.39 is 23.7 Å². The van der Waals surface area contributed by atoms with E-state index in [0.29, 0.717) is 24.2 Å². The molecule has 10 nitrogen and oxygen atoms in total. The maximum absolute atomic E-state index is 12.9. The molecule has 2 aliphatic rings. The van der Waals surface area contributed by atoms with Gasteiger partial charge in [-0.1, -0.05) is 84.9 Å². The molecule has 4 N–H and O–H groups in total. The molecule has 4 unspecified atom stereocenters. The van der Waals surface area contributed by atoms with Gasteiger partial charge in [-0.15, -0.1) is 0 Å². The van der Waals surface area contributed by atoms with E-state index in [9.17, 15) is 19.2 Å². The van der Waals surface area contributed by atoms with E-state index in [1.807, 2.05) is 60.7 Å². The molecule has 0 bridgehead atoms. The van der Waals surface area contributed by atoms with Crippen molar-refractivity contribution in [2.24, 2.45) is 22.0 Å². The van der Waals surface area contributed by atoms with Crippen LogP contribution in [0.2, 0.25) is 0 Å². The lowest BCUT2D eigenvalue weighted by Crippen LogP contribution is -2.34. The van der Waals surface area contributed by atoms with Gasteiger partial charge in [0.2, 0.25) is 11.8 Å². The summed E-state index contributed by atoms with van der Waals surface area (Å²) in [5.74, 6) is -4.02. The summed E-state index contributed by atoms with van der Waals surface area (Å²) in [6.07, 6.45) is 2.89. The number of carbonyl (C=O) groups excluding carboxylic acids is 4. The second-order valence-electron chi connectivity index (χ2n) is 9.58. The first-order valence-electron chi connectivity index (χ1n) is 12.9. The Morgan fingerprint density at radius 2 is 1.00 bits per heavy atom. The van der Waals surface area contributed by atoms with Crippen LogP contribution in [0.25, 0.3) is 0 Å². The van der Waals surface area contributed by atoms with Crippen molar-refractivity contribution < 1.29 is 19.2 Å². The molecule has 0 saturated carbocycles. The van der Waals surface area contributed by atoms with Gasteiger partial charge in [0.05, 0.1) is 12.4 Å². The molecule has 10 heteroatoms. The molecule has 0 radical (unpaired) electrons. The molecule has 4 atom stereocenters. The Balaban J connectivity index is 1.22. The van der Waals surface area contributed by atoms with E-state index in [-0.39, 0.29) is 23.7 Å². The van der Waals surface area contributed by atoms with E-state index in [4.69, 9.17) is 0 Å². The Labute approximate surface area is 230 Å². The molecule has 4 amide bonds. The number of benzene rings is 3. The second-order valence-corrected chi connectivity index (χ2v) is 9.58. The normalized spacial score (nSPS) is 22.3. The number of rotatable bonds is 8. The molecular formula is C30H28N6O4. The number of hydrazone groups is 2. The summed E-state index contributed by atoms with van der Waals surface area (Å²) in [5, 5.41) is 13.6. The fourth-order valence-corrected chi connectivity index (χ4v) is 5.08. The van der Waals surface area contributed by atoms with Crippen LogP contribution in [0.1, 0.15) is 34.1 Å². The van der Waals surface area contributed by atoms with Gasteiger partial charge in [-0.25, -0.2) is 10.9 Å². The van der Waals surface area contributed by atoms with Crippen LogP contribution < -0.4 is 21.5 Å². The van der Waals surface area contributed by atoms with Crippen LogP contribution in [-0.4, -0.2) is 49.1 Å². The third-order valence-electron chi connectivity index (χ3n) is 7.14. The third kappa shape index (κ3) is 5.80. The molecule has 2 fully saturated rings. The van der Waals surface area contributed by atoms with E-state index in [1.165, 1.54) is 12.4 Å². The lowest BCUT2D eigenvalue weighted by molar-refractivity contribution is -0.135. The minimum Gasteiger partial charge on any atom is -0.355 e. The van der Waals surface area contributed by atoms with Crippen molar-refractivity contribution in [3.05, 3.63) is 107 Å². The minimum absolute atomic E-state index is 0.282. The first-order chi connectivity index (χ1) is 19.5. The Morgan fingerprint density at radius 3 is 1.40 bits per heavy atom. The lowest BCUT2D eigenvalue weighted by Gasteiger charge is -2.15. The maximum Gasteiger partial charge on any atom is 0.253 e. The van der Waals surface area contributed by atoms with Gasteiger partial charge in [0.25, 0.3) is 11.8 Å². The standard InChI is InChI=1S/C30H28N6O4/c37-27-25(23(17-31-27)19-9-3-1-4-10-19)29(39)35-33-15-21-13-7-8-14-22(21)16-34-36-30(40)26-24(18-32-28(26)38)20-11-5-2-6-12-20/h1-16,23-26H,17-18H2,(H,31,37)(H,32,38)(H,35,39)(H,36,40). The van der Waals surface area contributed by atoms with Crippen LogP contribution >= 0.6 is 0 Å². The zero-order valence-electron chi connectivity index (χ0n) is 21.5. The van der Waals surface area contributed by atoms with Crippen molar-refractivity contribution in [1.82, 2.24) is 21.5 Å². The highest BCUT2D eigenvalue weighted by molar-refractivity contribution is 6.04. The van der Waals surface area contributed by atoms with Gasteiger partial charge in [-0.05, 0) is 11.1 Å². The maximum atomic E-state index is 12.9. The summed E-state index contributed by atoms with van der Waals surface area (Å²) in [4.78, 5) is 50.5. The topological polar surface area (TPSA) is 141 Å². The summed E-state index contributed by atoms with van der Waals surface area (Å²) in [7, 11) is 0. The Bertz CT molecular complexity index is 1350. The van der Waals surface area contributed by atoms with Gasteiger partial charge in [0.15, 0.2) is 0 Å². The van der Waals surface area contributed by atoms with Crippen molar-refractivity contribution >= 4 is 36.1 Å². The molecule has 2 aliphatic heterocycles. The first-order valence-corrected chi connectivity index (χ1v) is 12.9. The van der Waals surface area contributed by atoms with Crippen molar-refractivity contribution in [3.8, 4) is 0 Å². The zero-order chi connectivity index (χ0) is 27.9. The Morgan fingerprint density at radius 1 is 0.625 bits per heavy atom. The molecular weight excluding hydrogens is 508 g/mol. The molecule has 5 rings (SSSR count). The summed E-state index contributed by atoms with van der Waals surface area (Å²) in [5.41, 5.74) is 8.00. The van der Waals surface area contributed by atoms with E-state index in [0.717, 1.165) is 11.1 Å². The summed E-state index contributed by atoms with van der Waals surface area (Å²) < 4.78 is 0. The smallest absolute Gasteiger partial charge is 0.253 e. The third-order valence-corrected chi connectivity index (χ3v) is 7.14. The number of nitrogens with zero attached hydrogens (tertiary/aromatic N) is 2. The SMILES string of the molecule is O=C1NCC(c2ccccc2)C1C(=O)NN=Cc1ccccc1C=NNC(=O)C1C(=O)NCC1c1ccccc1. The average Bonchev–Trinajstić information content (AvgIpc) is 3.57. The molecule has 0 aromatic heterocycles. The van der Waals surface area contributed by atoms with Crippen LogP contribution in [0.5, 0.6) is 0 Å². The number of nitrogens with one attached hydrogen (secondary N) is 4. The van der Waals surface area contributed by atoms with Crippen molar-refractivity contribution in [2.45, 2.75) is 11.8 Å². The highest BCUT2D eigenvalue weighted by Gasteiger charge is 2.42. The summed E-state index contributed by atoms with van der Waals surface area (Å²) >= 11 is 0. The predicted molar refractivity (Wildman–Crippen MR) is 149 cm³/mol. The Kier molecular flexibility index (Phi) is 8.05. The number of amides is 4. The lowest BCUT2D eigenvalue weighted by atomic mass is 9.88. The van der Waals surface area contributed by atoms with Gasteiger partial charge in [-0.3, -0.25) is 19.2 Å². The van der Waals surface area contributed by atoms with Crippen LogP contribution in [0.4, 0.5) is 0 Å². The monoisotopic (exact) mass is 536 g/mol. The number of hydrogen-bond donors (Lipinski definition) is 4. The molecule has 2 saturated heterocycles. The van der Waals surface area contributed by atoms with Gasteiger partial charge in [0.1, 0.15) is 11.8 Å². The molecule has 40 heavy (non-hydrogen) atoms. The van der Waals surface area contributed by atoms with Crippen LogP contribution in [0, 0.1) is 11.8 Å². The van der Waals surface area contributed by atoms with Gasteiger partial charge < -0.3 is 10.6 Å². The van der Waals surface area contributed by atoms with Crippen molar-refractivity contribution in [1.29, 1.82) is 0 Å². The summed E-state index contributed by atoms with van der Waals surface area (Å²) in [6.45, 7) is 0.758. The van der Waals surface area contributed by atoms with Gasteiger partial charge >= 0.3 is 0 Å².